The minimum Gasteiger partial charge on any atom is -0.489 e. The van der Waals surface area contributed by atoms with Gasteiger partial charge in [-0.25, -0.2) is 4.57 Å². The molecular formula is C27H33N3O5. The Labute approximate surface area is 205 Å². The fourth-order valence-electron chi connectivity index (χ4n) is 3.88. The second kappa shape index (κ2) is 10.5. The lowest BCUT2D eigenvalue weighted by molar-refractivity contribution is -0.157. The number of likely N-dealkylation sites (tertiary alicyclic amines) is 1. The monoisotopic (exact) mass is 479 g/mol. The molecule has 35 heavy (non-hydrogen) atoms. The van der Waals surface area contributed by atoms with Crippen LogP contribution in [-0.4, -0.2) is 46.7 Å². The number of benzene rings is 2. The van der Waals surface area contributed by atoms with Gasteiger partial charge in [0, 0.05) is 13.1 Å². The predicted octanol–water partition coefficient (Wildman–Crippen LogP) is 4.00. The smallest absolute Gasteiger partial charge is 0.312 e. The molecule has 1 saturated heterocycles. The van der Waals surface area contributed by atoms with E-state index >= 15 is 0 Å². The largest absolute Gasteiger partial charge is 0.489 e. The summed E-state index contributed by atoms with van der Waals surface area (Å²) in [5.74, 6) is 0.0643. The number of hydrogen-bond acceptors (Lipinski definition) is 7. The Bertz CT molecular complexity index is 1230. The molecule has 1 aromatic heterocycles. The number of hydrogen-bond donors (Lipinski definition) is 0. The third-order valence-electron chi connectivity index (χ3n) is 6.02. The van der Waals surface area contributed by atoms with E-state index in [4.69, 9.17) is 14.2 Å². The number of carbonyl (C=O) groups excluding carboxylic acids is 1. The highest BCUT2D eigenvalue weighted by Gasteiger charge is 2.25. The lowest BCUT2D eigenvalue weighted by Gasteiger charge is -2.29. The molecule has 0 spiro atoms. The van der Waals surface area contributed by atoms with Gasteiger partial charge in [0.1, 0.15) is 23.8 Å². The van der Waals surface area contributed by atoms with Crippen molar-refractivity contribution in [2.24, 2.45) is 5.41 Å². The van der Waals surface area contributed by atoms with Crippen LogP contribution < -0.4 is 15.0 Å². The van der Waals surface area contributed by atoms with Crippen molar-refractivity contribution in [3.8, 4) is 11.8 Å². The van der Waals surface area contributed by atoms with Gasteiger partial charge in [-0.2, -0.15) is 4.98 Å². The molecule has 1 aliphatic rings. The summed E-state index contributed by atoms with van der Waals surface area (Å²) in [6, 6.07) is 15.1. The number of ether oxygens (including phenoxy) is 3. The van der Waals surface area contributed by atoms with Crippen LogP contribution in [-0.2, 0) is 22.9 Å². The molecule has 1 aliphatic heterocycles. The zero-order chi connectivity index (χ0) is 25.0. The molecular weight excluding hydrogens is 446 g/mol. The van der Waals surface area contributed by atoms with E-state index in [0.29, 0.717) is 16.7 Å². The van der Waals surface area contributed by atoms with E-state index in [-0.39, 0.29) is 31.0 Å². The van der Waals surface area contributed by atoms with Crippen LogP contribution >= 0.6 is 0 Å². The van der Waals surface area contributed by atoms with Crippen molar-refractivity contribution in [1.29, 1.82) is 0 Å². The first-order valence-electron chi connectivity index (χ1n) is 11.9. The quantitative estimate of drug-likeness (QED) is 0.474. The first-order valence-corrected chi connectivity index (χ1v) is 11.9. The van der Waals surface area contributed by atoms with Crippen molar-refractivity contribution in [2.75, 3.05) is 20.1 Å². The molecule has 0 saturated carbocycles. The van der Waals surface area contributed by atoms with Crippen molar-refractivity contribution in [2.45, 2.75) is 53.1 Å². The first-order chi connectivity index (χ1) is 16.7. The number of esters is 1. The molecule has 0 N–H and O–H groups in total. The van der Waals surface area contributed by atoms with Crippen molar-refractivity contribution in [3.63, 3.8) is 0 Å². The molecule has 0 radical (unpaired) electrons. The summed E-state index contributed by atoms with van der Waals surface area (Å²) in [7, 11) is 2.09. The zero-order valence-electron chi connectivity index (χ0n) is 20.8. The maximum atomic E-state index is 13.7. The Morgan fingerprint density at radius 3 is 2.46 bits per heavy atom. The zero-order valence-corrected chi connectivity index (χ0v) is 20.8. The summed E-state index contributed by atoms with van der Waals surface area (Å²) in [6.45, 7) is 7.09. The molecule has 3 aromatic rings. The third kappa shape index (κ3) is 6.00. The molecule has 186 valence electrons. The summed E-state index contributed by atoms with van der Waals surface area (Å²) < 4.78 is 19.0. The lowest BCUT2D eigenvalue weighted by Crippen LogP contribution is -2.36. The molecule has 8 nitrogen and oxygen atoms in total. The summed E-state index contributed by atoms with van der Waals surface area (Å²) in [5.41, 5.74) is 0.325. The number of fused-ring (bicyclic) bond motifs is 1. The average Bonchev–Trinajstić information content (AvgIpc) is 2.83. The molecule has 0 amide bonds. The van der Waals surface area contributed by atoms with Gasteiger partial charge in [0.2, 0.25) is 0 Å². The highest BCUT2D eigenvalue weighted by atomic mass is 16.6. The topological polar surface area (TPSA) is 82.9 Å². The van der Waals surface area contributed by atoms with Crippen molar-refractivity contribution in [1.82, 2.24) is 14.5 Å². The van der Waals surface area contributed by atoms with Crippen LogP contribution in [0.4, 0.5) is 0 Å². The Kier molecular flexibility index (Phi) is 7.40. The van der Waals surface area contributed by atoms with Crippen LogP contribution in [0.3, 0.4) is 0 Å². The van der Waals surface area contributed by atoms with Gasteiger partial charge in [0.25, 0.3) is 5.56 Å². The fourth-order valence-corrected chi connectivity index (χ4v) is 3.88. The molecule has 0 atom stereocenters. The maximum Gasteiger partial charge on any atom is 0.312 e. The molecule has 8 heteroatoms. The minimum absolute atomic E-state index is 0.0253. The van der Waals surface area contributed by atoms with Crippen LogP contribution in [0.5, 0.6) is 11.8 Å². The number of piperidine rings is 1. The molecule has 1 fully saturated rings. The number of rotatable bonds is 7. The summed E-state index contributed by atoms with van der Waals surface area (Å²) in [4.78, 5) is 33.0. The number of aromatic nitrogens is 2. The summed E-state index contributed by atoms with van der Waals surface area (Å²) in [5, 5.41) is 0.352. The van der Waals surface area contributed by atoms with Crippen LogP contribution in [0, 0.1) is 5.41 Å². The Morgan fingerprint density at radius 2 is 1.77 bits per heavy atom. The van der Waals surface area contributed by atoms with Crippen LogP contribution in [0.15, 0.2) is 53.3 Å². The van der Waals surface area contributed by atoms with Gasteiger partial charge in [-0.05, 0) is 58.4 Å². The Balaban J connectivity index is 1.69. The van der Waals surface area contributed by atoms with E-state index in [9.17, 15) is 9.59 Å². The van der Waals surface area contributed by atoms with Gasteiger partial charge in [-0.3, -0.25) is 9.59 Å². The molecule has 0 unspecified atom stereocenters. The normalized spacial score (nSPS) is 15.2. The fraction of sp³-hybridized carbons (Fsp3) is 0.444. The van der Waals surface area contributed by atoms with E-state index < -0.39 is 11.4 Å². The first kappa shape index (κ1) is 24.7. The third-order valence-corrected chi connectivity index (χ3v) is 6.02. The standard InChI is InChI=1S/C27H33N3O5/c1-27(2,3)25(32)34-18-30-24(31)23-21(28-26(30)33-17-19-9-6-5-7-10-19)11-8-12-22(23)35-20-13-15-29(4)16-14-20/h5-12,20H,13-18H2,1-4H3. The molecule has 0 aliphatic carbocycles. The van der Waals surface area contributed by atoms with Gasteiger partial charge in [-0.15, -0.1) is 0 Å². The van der Waals surface area contributed by atoms with E-state index in [1.54, 1.807) is 32.9 Å². The second-order valence-corrected chi connectivity index (χ2v) is 9.98. The highest BCUT2D eigenvalue weighted by Crippen LogP contribution is 2.27. The van der Waals surface area contributed by atoms with Gasteiger partial charge in [0.05, 0.1) is 10.9 Å². The van der Waals surface area contributed by atoms with E-state index in [1.807, 2.05) is 36.4 Å². The van der Waals surface area contributed by atoms with Crippen molar-refractivity contribution >= 4 is 16.9 Å². The number of carbonyl (C=O) groups is 1. The molecule has 0 bridgehead atoms. The Hall–Kier alpha value is -3.39. The lowest BCUT2D eigenvalue weighted by atomic mass is 9.98. The molecule has 4 rings (SSSR count). The second-order valence-electron chi connectivity index (χ2n) is 9.98. The van der Waals surface area contributed by atoms with Crippen LogP contribution in [0.25, 0.3) is 10.9 Å². The van der Waals surface area contributed by atoms with Crippen molar-refractivity contribution < 1.29 is 19.0 Å². The van der Waals surface area contributed by atoms with Crippen LogP contribution in [0.2, 0.25) is 0 Å². The van der Waals surface area contributed by atoms with E-state index in [1.165, 1.54) is 4.57 Å². The summed E-state index contributed by atoms with van der Waals surface area (Å²) in [6.07, 6.45) is 1.80. The summed E-state index contributed by atoms with van der Waals surface area (Å²) >= 11 is 0. The highest BCUT2D eigenvalue weighted by molar-refractivity contribution is 5.84. The number of nitrogens with zero attached hydrogens (tertiary/aromatic N) is 3. The maximum absolute atomic E-state index is 13.7. The van der Waals surface area contributed by atoms with Crippen molar-refractivity contribution in [3.05, 3.63) is 64.4 Å². The van der Waals surface area contributed by atoms with Gasteiger partial charge < -0.3 is 19.1 Å². The average molecular weight is 480 g/mol. The molecule has 2 heterocycles. The Morgan fingerprint density at radius 1 is 1.06 bits per heavy atom. The minimum atomic E-state index is -0.707. The van der Waals surface area contributed by atoms with E-state index in [2.05, 4.69) is 16.9 Å². The SMILES string of the molecule is CN1CCC(Oc2cccc3nc(OCc4ccccc4)n(COC(=O)C(C)(C)C)c(=O)c23)CC1. The van der Waals surface area contributed by atoms with Gasteiger partial charge in [-0.1, -0.05) is 36.4 Å². The predicted molar refractivity (Wildman–Crippen MR) is 133 cm³/mol. The van der Waals surface area contributed by atoms with Gasteiger partial charge >= 0.3 is 12.0 Å². The van der Waals surface area contributed by atoms with Crippen LogP contribution in [0.1, 0.15) is 39.2 Å². The van der Waals surface area contributed by atoms with Gasteiger partial charge in [0.15, 0.2) is 6.73 Å². The van der Waals surface area contributed by atoms with E-state index in [0.717, 1.165) is 31.5 Å². The molecule has 2 aromatic carbocycles.